The van der Waals surface area contributed by atoms with Crippen LogP contribution in [-0.2, 0) is 0 Å². The molecule has 1 amide bonds. The lowest BCUT2D eigenvalue weighted by atomic mass is 10.2. The van der Waals surface area contributed by atoms with Crippen molar-refractivity contribution < 1.29 is 18.0 Å². The predicted octanol–water partition coefficient (Wildman–Crippen LogP) is 2.93. The van der Waals surface area contributed by atoms with Gasteiger partial charge in [0, 0.05) is 26.3 Å². The van der Waals surface area contributed by atoms with Crippen molar-refractivity contribution in [3.8, 4) is 0 Å². The third-order valence-corrected chi connectivity index (χ3v) is 2.64. The first-order chi connectivity index (χ1) is 9.33. The summed E-state index contributed by atoms with van der Waals surface area (Å²) in [5.41, 5.74) is 0.275. The Morgan fingerprint density at radius 2 is 2.10 bits per heavy atom. The maximum absolute atomic E-state index is 12.1. The van der Waals surface area contributed by atoms with Crippen LogP contribution >= 0.6 is 0 Å². The number of hydrogen-bond donors (Lipinski definition) is 1. The van der Waals surface area contributed by atoms with Gasteiger partial charge in [0.1, 0.15) is 5.82 Å². The molecule has 0 saturated carbocycles. The molecule has 4 nitrogen and oxygen atoms in total. The highest BCUT2D eigenvalue weighted by molar-refractivity contribution is 5.93. The van der Waals surface area contributed by atoms with Gasteiger partial charge < -0.3 is 10.2 Å². The Morgan fingerprint density at radius 1 is 1.40 bits per heavy atom. The Morgan fingerprint density at radius 3 is 2.60 bits per heavy atom. The number of nitrogens with zero attached hydrogens (tertiary/aromatic N) is 2. The second kappa shape index (κ2) is 7.12. The van der Waals surface area contributed by atoms with E-state index in [4.69, 9.17) is 0 Å². The van der Waals surface area contributed by atoms with Crippen LogP contribution in [0.5, 0.6) is 0 Å². The summed E-state index contributed by atoms with van der Waals surface area (Å²) in [7, 11) is 1.34. The summed E-state index contributed by atoms with van der Waals surface area (Å²) >= 11 is 0. The molecule has 0 bridgehead atoms. The average Bonchev–Trinajstić information content (AvgIpc) is 2.41. The molecular formula is C13H18F3N3O. The largest absolute Gasteiger partial charge is 0.390 e. The lowest BCUT2D eigenvalue weighted by molar-refractivity contribution is -0.136. The lowest BCUT2D eigenvalue weighted by Gasteiger charge is -2.18. The van der Waals surface area contributed by atoms with Crippen molar-refractivity contribution in [2.24, 2.45) is 0 Å². The van der Waals surface area contributed by atoms with Crippen molar-refractivity contribution in [3.05, 3.63) is 23.9 Å². The van der Waals surface area contributed by atoms with E-state index in [9.17, 15) is 18.0 Å². The van der Waals surface area contributed by atoms with Gasteiger partial charge in [-0.3, -0.25) is 4.79 Å². The van der Waals surface area contributed by atoms with Gasteiger partial charge in [0.05, 0.1) is 12.0 Å². The first kappa shape index (κ1) is 16.3. The highest BCUT2D eigenvalue weighted by atomic mass is 19.4. The van der Waals surface area contributed by atoms with Gasteiger partial charge in [-0.25, -0.2) is 4.98 Å². The fraction of sp³-hybridized carbons (Fsp3) is 0.538. The van der Waals surface area contributed by atoms with Crippen LogP contribution < -0.4 is 5.32 Å². The van der Waals surface area contributed by atoms with Gasteiger partial charge in [-0.15, -0.1) is 0 Å². The average molecular weight is 289 g/mol. The van der Waals surface area contributed by atoms with Gasteiger partial charge in [0.2, 0.25) is 0 Å². The van der Waals surface area contributed by atoms with E-state index in [1.165, 1.54) is 13.2 Å². The molecule has 1 N–H and O–H groups in total. The fourth-order valence-electron chi connectivity index (χ4n) is 1.49. The summed E-state index contributed by atoms with van der Waals surface area (Å²) in [6.45, 7) is 2.42. The number of anilines is 1. The molecule has 0 atom stereocenters. The number of carbonyl (C=O) groups excluding carboxylic acids is 1. The van der Waals surface area contributed by atoms with E-state index in [0.717, 1.165) is 17.9 Å². The first-order valence-electron chi connectivity index (χ1n) is 6.35. The molecule has 1 heterocycles. The van der Waals surface area contributed by atoms with Crippen LogP contribution in [0.4, 0.5) is 19.0 Å². The van der Waals surface area contributed by atoms with E-state index in [1.54, 1.807) is 12.1 Å². The summed E-state index contributed by atoms with van der Waals surface area (Å²) in [5.74, 6) is 0.171. The monoisotopic (exact) mass is 289 g/mol. The second-order valence-electron chi connectivity index (χ2n) is 4.45. The SMILES string of the molecule is CCCNc1ccc(C(=O)N(C)CCC(F)(F)F)cn1. The number of hydrogen-bond acceptors (Lipinski definition) is 3. The molecule has 0 spiro atoms. The number of pyridine rings is 1. The molecular weight excluding hydrogens is 271 g/mol. The van der Waals surface area contributed by atoms with Gasteiger partial charge >= 0.3 is 6.18 Å². The Bertz CT molecular complexity index is 431. The van der Waals surface area contributed by atoms with Crippen molar-refractivity contribution in [2.45, 2.75) is 25.9 Å². The Hall–Kier alpha value is -1.79. The summed E-state index contributed by atoms with van der Waals surface area (Å²) in [5, 5.41) is 3.05. The summed E-state index contributed by atoms with van der Waals surface area (Å²) in [6, 6.07) is 3.19. The molecule has 0 aliphatic rings. The molecule has 7 heteroatoms. The Balaban J connectivity index is 2.58. The smallest absolute Gasteiger partial charge is 0.370 e. The van der Waals surface area contributed by atoms with Crippen molar-refractivity contribution in [1.82, 2.24) is 9.88 Å². The normalized spacial score (nSPS) is 11.2. The van der Waals surface area contributed by atoms with Crippen LogP contribution in [0.3, 0.4) is 0 Å². The molecule has 20 heavy (non-hydrogen) atoms. The van der Waals surface area contributed by atoms with E-state index >= 15 is 0 Å². The van der Waals surface area contributed by atoms with Gasteiger partial charge in [0.15, 0.2) is 0 Å². The fourth-order valence-corrected chi connectivity index (χ4v) is 1.49. The number of nitrogens with one attached hydrogen (secondary N) is 1. The zero-order chi connectivity index (χ0) is 15.2. The van der Waals surface area contributed by atoms with E-state index in [0.29, 0.717) is 5.82 Å². The van der Waals surface area contributed by atoms with Gasteiger partial charge in [-0.05, 0) is 18.6 Å². The second-order valence-corrected chi connectivity index (χ2v) is 4.45. The maximum Gasteiger partial charge on any atom is 0.390 e. The summed E-state index contributed by atoms with van der Waals surface area (Å²) in [6.07, 6.45) is -2.97. The third-order valence-electron chi connectivity index (χ3n) is 2.64. The summed E-state index contributed by atoms with van der Waals surface area (Å²) < 4.78 is 36.3. The van der Waals surface area contributed by atoms with Crippen LogP contribution in [0.15, 0.2) is 18.3 Å². The van der Waals surface area contributed by atoms with Crippen LogP contribution in [0, 0.1) is 0 Å². The molecule has 0 aliphatic heterocycles. The third kappa shape index (κ3) is 5.46. The number of carbonyl (C=O) groups is 1. The number of rotatable bonds is 6. The van der Waals surface area contributed by atoms with E-state index in [1.807, 2.05) is 6.92 Å². The van der Waals surface area contributed by atoms with Crippen molar-refractivity contribution >= 4 is 11.7 Å². The molecule has 0 aromatic carbocycles. The van der Waals surface area contributed by atoms with Crippen LogP contribution in [-0.4, -0.2) is 42.1 Å². The number of amides is 1. The van der Waals surface area contributed by atoms with Crippen LogP contribution in [0.25, 0.3) is 0 Å². The zero-order valence-corrected chi connectivity index (χ0v) is 11.5. The molecule has 0 saturated heterocycles. The highest BCUT2D eigenvalue weighted by Crippen LogP contribution is 2.20. The lowest BCUT2D eigenvalue weighted by Crippen LogP contribution is -2.30. The number of halogens is 3. The Kier molecular flexibility index (Phi) is 5.79. The van der Waals surface area contributed by atoms with Crippen molar-refractivity contribution in [3.63, 3.8) is 0 Å². The Labute approximate surface area is 116 Å². The van der Waals surface area contributed by atoms with Crippen molar-refractivity contribution in [1.29, 1.82) is 0 Å². The first-order valence-corrected chi connectivity index (χ1v) is 6.35. The minimum atomic E-state index is -4.26. The molecule has 112 valence electrons. The predicted molar refractivity (Wildman–Crippen MR) is 70.7 cm³/mol. The standard InChI is InChI=1S/C13H18F3N3O/c1-3-7-17-11-5-4-10(9-18-11)12(20)19(2)8-6-13(14,15)16/h4-5,9H,3,6-8H2,1-2H3,(H,17,18). The molecule has 0 radical (unpaired) electrons. The highest BCUT2D eigenvalue weighted by Gasteiger charge is 2.28. The van der Waals surface area contributed by atoms with Crippen LogP contribution in [0.1, 0.15) is 30.1 Å². The van der Waals surface area contributed by atoms with Gasteiger partial charge in [0.25, 0.3) is 5.91 Å². The number of alkyl halides is 3. The van der Waals surface area contributed by atoms with Crippen molar-refractivity contribution in [2.75, 3.05) is 25.5 Å². The number of aromatic nitrogens is 1. The molecule has 1 aromatic heterocycles. The molecule has 0 unspecified atom stereocenters. The molecule has 1 aromatic rings. The quantitative estimate of drug-likeness (QED) is 0.875. The maximum atomic E-state index is 12.1. The summed E-state index contributed by atoms with van der Waals surface area (Å²) in [4.78, 5) is 17.0. The van der Waals surface area contributed by atoms with Gasteiger partial charge in [-0.1, -0.05) is 6.92 Å². The topological polar surface area (TPSA) is 45.2 Å². The van der Waals surface area contributed by atoms with E-state index in [2.05, 4.69) is 10.3 Å². The van der Waals surface area contributed by atoms with Gasteiger partial charge in [-0.2, -0.15) is 13.2 Å². The zero-order valence-electron chi connectivity index (χ0n) is 11.5. The van der Waals surface area contributed by atoms with E-state index in [-0.39, 0.29) is 12.1 Å². The molecule has 1 rings (SSSR count). The minimum Gasteiger partial charge on any atom is -0.370 e. The minimum absolute atomic E-state index is 0.275. The molecule has 0 fully saturated rings. The molecule has 0 aliphatic carbocycles. The van der Waals surface area contributed by atoms with E-state index < -0.39 is 18.5 Å². The van der Waals surface area contributed by atoms with Crippen LogP contribution in [0.2, 0.25) is 0 Å².